The Labute approximate surface area is 228 Å². The third-order valence-corrected chi connectivity index (χ3v) is 7.43. The van der Waals surface area contributed by atoms with E-state index in [0.717, 1.165) is 11.6 Å². The lowest BCUT2D eigenvalue weighted by Gasteiger charge is -2.43. The van der Waals surface area contributed by atoms with Gasteiger partial charge in [0.25, 0.3) is 5.91 Å². The summed E-state index contributed by atoms with van der Waals surface area (Å²) in [5, 5.41) is 14.1. The molecule has 3 amide bonds. The first-order valence-electron chi connectivity index (χ1n) is 10.8. The molecule has 3 aromatic rings. The van der Waals surface area contributed by atoms with Crippen molar-refractivity contribution < 1.29 is 27.9 Å². The number of para-hydroxylation sites is 1. The minimum absolute atomic E-state index is 0.0829. The highest BCUT2D eigenvalue weighted by Crippen LogP contribution is 2.54. The Morgan fingerprint density at radius 2 is 1.76 bits per heavy atom. The molecule has 7 nitrogen and oxygen atoms in total. The molecule has 13 heteroatoms. The van der Waals surface area contributed by atoms with Crippen LogP contribution in [0.1, 0.15) is 16.1 Å². The number of hydrogen-bond acceptors (Lipinski definition) is 6. The summed E-state index contributed by atoms with van der Waals surface area (Å²) in [6.07, 6.45) is -2.80. The molecule has 1 aliphatic carbocycles. The topological polar surface area (TPSA) is 117 Å². The van der Waals surface area contributed by atoms with E-state index in [0.29, 0.717) is 17.2 Å². The number of nitrogens with two attached hydrogens (primary N) is 1. The number of aliphatic hydroxyl groups is 1. The molecule has 1 aliphatic rings. The predicted octanol–water partition coefficient (Wildman–Crippen LogP) is 5.49. The fourth-order valence-corrected chi connectivity index (χ4v) is 5.46. The van der Waals surface area contributed by atoms with Crippen molar-refractivity contribution in [1.29, 1.82) is 0 Å². The molecule has 0 bridgehead atoms. The van der Waals surface area contributed by atoms with Crippen LogP contribution in [0.2, 0.25) is 0 Å². The number of benzene rings is 2. The summed E-state index contributed by atoms with van der Waals surface area (Å²) in [5.74, 6) is -0.585. The Morgan fingerprint density at radius 3 is 2.42 bits per heavy atom. The molecule has 0 saturated carbocycles. The molecule has 2 unspecified atom stereocenters. The number of primary amides is 1. The van der Waals surface area contributed by atoms with Crippen molar-refractivity contribution >= 4 is 63.3 Å². The van der Waals surface area contributed by atoms with E-state index in [1.165, 1.54) is 23.5 Å². The van der Waals surface area contributed by atoms with Crippen LogP contribution < -0.4 is 16.4 Å². The Morgan fingerprint density at radius 1 is 1.11 bits per heavy atom. The normalized spacial score (nSPS) is 20.9. The standard InChI is InChI=1S/C25H18ClF3N4O3S2/c26-24(36)11-10-15(12-23(24,25(27,28)29)21(37)33-22(30)35)16-8-4-5-9-17(16)31-19(34)18-13-38-20(32-18)14-6-2-1-3-7-14/h1-13,36H,(H,31,34)(H3,30,33,35,37). The zero-order valence-corrected chi connectivity index (χ0v) is 21.5. The average molecular weight is 579 g/mol. The smallest absolute Gasteiger partial charge is 0.370 e. The van der Waals surface area contributed by atoms with Gasteiger partial charge in [-0.3, -0.25) is 4.79 Å². The van der Waals surface area contributed by atoms with Gasteiger partial charge in [0.1, 0.15) is 15.7 Å². The van der Waals surface area contributed by atoms with E-state index < -0.39 is 33.6 Å². The number of thiazole rings is 1. The first kappa shape index (κ1) is 27.5. The number of allylic oxidation sites excluding steroid dienone is 2. The SMILES string of the molecule is NC(=O)NC(=S)C1(C(F)(F)F)C=C(c2ccccc2NC(=O)c2csc(-c3ccccc3)n2)C=CC1(O)Cl. The maximum atomic E-state index is 14.5. The highest BCUT2D eigenvalue weighted by Gasteiger charge is 2.68. The molecule has 0 radical (unpaired) electrons. The van der Waals surface area contributed by atoms with E-state index in [1.807, 2.05) is 30.3 Å². The summed E-state index contributed by atoms with van der Waals surface area (Å²) >= 11 is 12.0. The zero-order chi connectivity index (χ0) is 27.7. The first-order chi connectivity index (χ1) is 17.9. The summed E-state index contributed by atoms with van der Waals surface area (Å²) in [5.41, 5.74) is 2.75. The van der Waals surface area contributed by atoms with Gasteiger partial charge in [-0.15, -0.1) is 11.3 Å². The summed E-state index contributed by atoms with van der Waals surface area (Å²) in [6.45, 7) is 0. The quantitative estimate of drug-likeness (QED) is 0.236. The number of halogens is 4. The first-order valence-corrected chi connectivity index (χ1v) is 12.4. The van der Waals surface area contributed by atoms with E-state index in [-0.39, 0.29) is 22.5 Å². The van der Waals surface area contributed by atoms with Crippen molar-refractivity contribution in [3.05, 3.63) is 89.5 Å². The molecule has 5 N–H and O–H groups in total. The van der Waals surface area contributed by atoms with Gasteiger partial charge in [0.05, 0.1) is 0 Å². The number of thiocarbonyl (C=S) groups is 1. The molecule has 196 valence electrons. The van der Waals surface area contributed by atoms with Crippen LogP contribution in [0.4, 0.5) is 23.7 Å². The molecule has 1 heterocycles. The molecule has 0 saturated heterocycles. The Bertz CT molecular complexity index is 1470. The van der Waals surface area contributed by atoms with Crippen LogP contribution in [-0.2, 0) is 0 Å². The largest absolute Gasteiger partial charge is 0.408 e. The number of hydrogen-bond donors (Lipinski definition) is 4. The van der Waals surface area contributed by atoms with Gasteiger partial charge in [-0.05, 0) is 17.7 Å². The van der Waals surface area contributed by atoms with Crippen molar-refractivity contribution in [2.24, 2.45) is 11.1 Å². The summed E-state index contributed by atoms with van der Waals surface area (Å²) in [7, 11) is 0. The molecular weight excluding hydrogens is 561 g/mol. The van der Waals surface area contributed by atoms with Crippen molar-refractivity contribution in [3.8, 4) is 10.6 Å². The number of nitrogens with one attached hydrogen (secondary N) is 2. The fraction of sp³-hybridized carbons (Fsp3) is 0.120. The van der Waals surface area contributed by atoms with Crippen LogP contribution in [0.15, 0.2) is 78.2 Å². The van der Waals surface area contributed by atoms with Gasteiger partial charge >= 0.3 is 12.2 Å². The predicted molar refractivity (Wildman–Crippen MR) is 144 cm³/mol. The highest BCUT2D eigenvalue weighted by molar-refractivity contribution is 7.80. The van der Waals surface area contributed by atoms with E-state index in [2.05, 4.69) is 10.3 Å². The van der Waals surface area contributed by atoms with Gasteiger partial charge in [-0.25, -0.2) is 9.78 Å². The number of anilines is 1. The molecule has 1 aromatic heterocycles. The van der Waals surface area contributed by atoms with Gasteiger partial charge in [0.15, 0.2) is 10.5 Å². The van der Waals surface area contributed by atoms with E-state index in [1.54, 1.807) is 22.8 Å². The van der Waals surface area contributed by atoms with Gasteiger partial charge in [-0.2, -0.15) is 13.2 Å². The minimum atomic E-state index is -5.26. The van der Waals surface area contributed by atoms with E-state index in [9.17, 15) is 27.9 Å². The number of carbonyl (C=O) groups is 2. The molecule has 4 rings (SSSR count). The Hall–Kier alpha value is -3.58. The maximum Gasteiger partial charge on any atom is 0.408 e. The van der Waals surface area contributed by atoms with E-state index >= 15 is 0 Å². The molecular formula is C25H18ClF3N4O3S2. The number of nitrogens with zero attached hydrogens (tertiary/aromatic N) is 1. The second kappa shape index (κ2) is 10.3. The second-order valence-corrected chi connectivity index (χ2v) is 9.98. The molecule has 2 atom stereocenters. The summed E-state index contributed by atoms with van der Waals surface area (Å²) < 4.78 is 43.4. The number of rotatable bonds is 5. The maximum absolute atomic E-state index is 14.5. The molecule has 38 heavy (non-hydrogen) atoms. The number of amides is 3. The molecule has 0 fully saturated rings. The third-order valence-electron chi connectivity index (χ3n) is 5.69. The van der Waals surface area contributed by atoms with Gasteiger partial charge < -0.3 is 21.5 Å². The lowest BCUT2D eigenvalue weighted by Crippen LogP contribution is -2.61. The van der Waals surface area contributed by atoms with Crippen LogP contribution in [0.25, 0.3) is 16.1 Å². The van der Waals surface area contributed by atoms with E-state index in [4.69, 9.17) is 29.6 Å². The van der Waals surface area contributed by atoms with Gasteiger partial charge in [-0.1, -0.05) is 84.5 Å². The average Bonchev–Trinajstić information content (AvgIpc) is 3.34. The van der Waals surface area contributed by atoms with Crippen LogP contribution in [-0.4, -0.2) is 38.3 Å². The molecule has 0 spiro atoms. The van der Waals surface area contributed by atoms with Crippen molar-refractivity contribution in [2.45, 2.75) is 11.2 Å². The Kier molecular flexibility index (Phi) is 7.44. The van der Waals surface area contributed by atoms with Crippen LogP contribution in [0.3, 0.4) is 0 Å². The van der Waals surface area contributed by atoms with Crippen LogP contribution >= 0.6 is 35.2 Å². The van der Waals surface area contributed by atoms with Gasteiger partial charge in [0.2, 0.25) is 0 Å². The van der Waals surface area contributed by atoms with Gasteiger partial charge in [0, 0.05) is 22.2 Å². The number of aromatic nitrogens is 1. The summed E-state index contributed by atoms with van der Waals surface area (Å²) in [6, 6.07) is 13.9. The molecule has 2 aromatic carbocycles. The van der Waals surface area contributed by atoms with Crippen LogP contribution in [0.5, 0.6) is 0 Å². The summed E-state index contributed by atoms with van der Waals surface area (Å²) in [4.78, 5) is 27.5. The van der Waals surface area contributed by atoms with Crippen molar-refractivity contribution in [3.63, 3.8) is 0 Å². The monoisotopic (exact) mass is 578 g/mol. The molecule has 0 aliphatic heterocycles. The third kappa shape index (κ3) is 5.07. The lowest BCUT2D eigenvalue weighted by atomic mass is 9.74. The zero-order valence-electron chi connectivity index (χ0n) is 19.1. The number of urea groups is 1. The fourth-order valence-electron chi connectivity index (χ4n) is 3.85. The van der Waals surface area contributed by atoms with Crippen molar-refractivity contribution in [2.75, 3.05) is 5.32 Å². The lowest BCUT2D eigenvalue weighted by molar-refractivity contribution is -0.209. The highest BCUT2D eigenvalue weighted by atomic mass is 35.5. The minimum Gasteiger partial charge on any atom is -0.370 e. The Balaban J connectivity index is 1.72. The van der Waals surface area contributed by atoms with Crippen LogP contribution in [0, 0.1) is 5.41 Å². The second-order valence-electron chi connectivity index (χ2n) is 8.13. The number of alkyl halides is 4. The van der Waals surface area contributed by atoms with Crippen molar-refractivity contribution in [1.82, 2.24) is 10.3 Å². The number of carbonyl (C=O) groups excluding carboxylic acids is 2.